The van der Waals surface area contributed by atoms with Crippen LogP contribution in [-0.4, -0.2) is 54.6 Å². The fourth-order valence-corrected chi connectivity index (χ4v) is 5.81. The number of unbranched alkanes of at least 4 members (excludes halogenated alkanes) is 1. The fraction of sp³-hybridized carbons (Fsp3) is 0.833. The second-order valence-electron chi connectivity index (χ2n) is 8.26. The van der Waals surface area contributed by atoms with Gasteiger partial charge in [0.25, 0.3) is 10.1 Å². The lowest BCUT2D eigenvalue weighted by Crippen LogP contribution is -2.42. The van der Waals surface area contributed by atoms with Gasteiger partial charge in [0.05, 0.1) is 17.8 Å². The van der Waals surface area contributed by atoms with Crippen molar-refractivity contribution in [2.75, 3.05) is 26.0 Å². The molecule has 1 aliphatic heterocycles. The second kappa shape index (κ2) is 7.27. The maximum atomic E-state index is 11.9. The number of hydrogen-bond acceptors (Lipinski definition) is 5. The molecule has 1 N–H and O–H groups in total. The first-order chi connectivity index (χ1) is 11.5. The SMILES string of the molecule is CC1(C)C2CCC1(CS(=O)(=O)O)C(=O)C2.CCCCN1C=CN(C)C1. The van der Waals surface area contributed by atoms with Gasteiger partial charge in [-0.15, -0.1) is 0 Å². The Balaban J connectivity index is 0.000000196. The molecule has 0 spiro atoms. The lowest BCUT2D eigenvalue weighted by Gasteiger charge is -2.35. The smallest absolute Gasteiger partial charge is 0.265 e. The van der Waals surface area contributed by atoms with E-state index in [4.69, 9.17) is 4.55 Å². The van der Waals surface area contributed by atoms with Crippen molar-refractivity contribution in [2.24, 2.45) is 16.7 Å². The molecule has 7 heteroatoms. The van der Waals surface area contributed by atoms with E-state index in [0.717, 1.165) is 13.1 Å². The number of rotatable bonds is 5. The molecule has 0 saturated heterocycles. The van der Waals surface area contributed by atoms with E-state index in [2.05, 4.69) is 36.2 Å². The molecule has 25 heavy (non-hydrogen) atoms. The largest absolute Gasteiger partial charge is 0.362 e. The molecule has 2 bridgehead atoms. The summed E-state index contributed by atoms with van der Waals surface area (Å²) in [6.07, 6.45) is 8.84. The zero-order chi connectivity index (χ0) is 18.9. The zero-order valence-electron chi connectivity index (χ0n) is 15.9. The molecule has 0 aromatic rings. The van der Waals surface area contributed by atoms with Gasteiger partial charge in [-0.2, -0.15) is 8.42 Å². The van der Waals surface area contributed by atoms with Gasteiger partial charge in [0.2, 0.25) is 0 Å². The lowest BCUT2D eigenvalue weighted by molar-refractivity contribution is -0.128. The molecule has 2 atom stereocenters. The van der Waals surface area contributed by atoms with E-state index in [0.29, 0.717) is 12.8 Å². The van der Waals surface area contributed by atoms with Crippen LogP contribution in [0.15, 0.2) is 12.4 Å². The Morgan fingerprint density at radius 1 is 1.32 bits per heavy atom. The molecule has 144 valence electrons. The predicted molar refractivity (Wildman–Crippen MR) is 98.4 cm³/mol. The molecule has 6 nitrogen and oxygen atoms in total. The van der Waals surface area contributed by atoms with Crippen LogP contribution in [0.1, 0.15) is 52.9 Å². The molecule has 2 aliphatic carbocycles. The first kappa shape index (κ1) is 20.2. The van der Waals surface area contributed by atoms with Crippen molar-refractivity contribution < 1.29 is 17.8 Å². The van der Waals surface area contributed by atoms with Crippen molar-refractivity contribution in [3.8, 4) is 0 Å². The van der Waals surface area contributed by atoms with Gasteiger partial charge in [-0.05, 0) is 30.6 Å². The second-order valence-corrected chi connectivity index (χ2v) is 9.71. The molecule has 2 saturated carbocycles. The summed E-state index contributed by atoms with van der Waals surface area (Å²) < 4.78 is 31.0. The van der Waals surface area contributed by atoms with Crippen LogP contribution in [0, 0.1) is 16.7 Å². The van der Waals surface area contributed by atoms with Crippen molar-refractivity contribution in [1.29, 1.82) is 0 Å². The summed E-state index contributed by atoms with van der Waals surface area (Å²) in [6, 6.07) is 0. The van der Waals surface area contributed by atoms with Gasteiger partial charge in [-0.3, -0.25) is 9.35 Å². The summed E-state index contributed by atoms with van der Waals surface area (Å²) in [7, 11) is -1.98. The highest BCUT2D eigenvalue weighted by molar-refractivity contribution is 7.85. The quantitative estimate of drug-likeness (QED) is 0.748. The fourth-order valence-electron chi connectivity index (χ4n) is 4.51. The zero-order valence-corrected chi connectivity index (χ0v) is 16.7. The molecule has 0 aromatic carbocycles. The van der Waals surface area contributed by atoms with Gasteiger partial charge in [0.1, 0.15) is 5.78 Å². The third-order valence-electron chi connectivity index (χ3n) is 6.30. The van der Waals surface area contributed by atoms with Crippen molar-refractivity contribution in [1.82, 2.24) is 9.80 Å². The Morgan fingerprint density at radius 3 is 2.40 bits per heavy atom. The highest BCUT2D eigenvalue weighted by atomic mass is 32.2. The summed E-state index contributed by atoms with van der Waals surface area (Å²) in [5.74, 6) is -0.101. The number of carbonyl (C=O) groups excluding carboxylic acids is 1. The molecule has 0 radical (unpaired) electrons. The maximum absolute atomic E-state index is 11.9. The Morgan fingerprint density at radius 2 is 2.00 bits per heavy atom. The number of hydrogen-bond donors (Lipinski definition) is 1. The van der Waals surface area contributed by atoms with Gasteiger partial charge >= 0.3 is 0 Å². The van der Waals surface area contributed by atoms with Crippen LogP contribution in [0.3, 0.4) is 0 Å². The van der Waals surface area contributed by atoms with Gasteiger partial charge in [0, 0.05) is 32.4 Å². The van der Waals surface area contributed by atoms with Crippen LogP contribution in [0.25, 0.3) is 0 Å². The third-order valence-corrected chi connectivity index (χ3v) is 7.16. The molecule has 2 fully saturated rings. The highest BCUT2D eigenvalue weighted by Crippen LogP contribution is 2.64. The maximum Gasteiger partial charge on any atom is 0.265 e. The standard InChI is InChI=1S/C10H16O4S.C8H16N2/c1-9(2)7-3-4-10(9,8(11)5-7)6-15(12,13)14;1-3-4-5-10-7-6-9(2)8-10/h7H,3-6H2,1-2H3,(H,12,13,14);6-7H,3-5,8H2,1-2H3. The van der Waals surface area contributed by atoms with Crippen LogP contribution in [-0.2, 0) is 14.9 Å². The van der Waals surface area contributed by atoms with Gasteiger partial charge in [0.15, 0.2) is 0 Å². The van der Waals surface area contributed by atoms with E-state index in [1.54, 1.807) is 0 Å². The summed E-state index contributed by atoms with van der Waals surface area (Å²) >= 11 is 0. The summed E-state index contributed by atoms with van der Waals surface area (Å²) in [5.41, 5.74) is -1.12. The molecule has 0 amide bonds. The molecular formula is C18H32N2O4S. The minimum atomic E-state index is -4.08. The van der Waals surface area contributed by atoms with E-state index < -0.39 is 21.3 Å². The molecule has 2 unspecified atom stereocenters. The normalized spacial score (nSPS) is 30.0. The van der Waals surface area contributed by atoms with E-state index in [-0.39, 0.29) is 17.1 Å². The number of fused-ring (bicyclic) bond motifs is 2. The number of carbonyl (C=O) groups is 1. The lowest BCUT2D eigenvalue weighted by atomic mass is 9.70. The van der Waals surface area contributed by atoms with Gasteiger partial charge in [-0.1, -0.05) is 27.2 Å². The van der Waals surface area contributed by atoms with Crippen LogP contribution in [0.5, 0.6) is 0 Å². The van der Waals surface area contributed by atoms with Crippen molar-refractivity contribution in [3.05, 3.63) is 12.4 Å². The van der Waals surface area contributed by atoms with Crippen LogP contribution < -0.4 is 0 Å². The number of ketones is 1. The average Bonchev–Trinajstić information content (AvgIpc) is 3.06. The first-order valence-electron chi connectivity index (χ1n) is 9.13. The summed E-state index contributed by atoms with van der Waals surface area (Å²) in [6.45, 7) is 8.39. The van der Waals surface area contributed by atoms with Crippen LogP contribution in [0.4, 0.5) is 0 Å². The number of nitrogens with zero attached hydrogens (tertiary/aromatic N) is 2. The van der Waals surface area contributed by atoms with E-state index in [1.807, 2.05) is 13.8 Å². The predicted octanol–water partition coefficient (Wildman–Crippen LogP) is 2.73. The minimum absolute atomic E-state index is 0.0152. The Kier molecular flexibility index (Phi) is 5.88. The Labute approximate surface area is 152 Å². The monoisotopic (exact) mass is 372 g/mol. The first-order valence-corrected chi connectivity index (χ1v) is 10.7. The third kappa shape index (κ3) is 4.19. The van der Waals surface area contributed by atoms with Crippen molar-refractivity contribution in [2.45, 2.75) is 52.9 Å². The van der Waals surface area contributed by atoms with Crippen molar-refractivity contribution in [3.63, 3.8) is 0 Å². The van der Waals surface area contributed by atoms with Crippen LogP contribution >= 0.6 is 0 Å². The molecule has 0 aromatic heterocycles. The van der Waals surface area contributed by atoms with Crippen LogP contribution in [0.2, 0.25) is 0 Å². The molecule has 1 heterocycles. The Hall–Kier alpha value is -1.08. The van der Waals surface area contributed by atoms with Gasteiger partial charge in [-0.25, -0.2) is 0 Å². The topological polar surface area (TPSA) is 77.9 Å². The molecule has 3 rings (SSSR count). The Bertz CT molecular complexity index is 629. The average molecular weight is 373 g/mol. The van der Waals surface area contributed by atoms with E-state index in [1.165, 1.54) is 19.4 Å². The van der Waals surface area contributed by atoms with Gasteiger partial charge < -0.3 is 9.80 Å². The summed E-state index contributed by atoms with van der Waals surface area (Å²) in [5, 5.41) is 0. The highest BCUT2D eigenvalue weighted by Gasteiger charge is 2.65. The number of Topliss-reactive ketones (excluding diaryl/α,β-unsaturated/α-hetero) is 1. The minimum Gasteiger partial charge on any atom is -0.362 e. The summed E-state index contributed by atoms with van der Waals surface area (Å²) in [4.78, 5) is 16.4. The van der Waals surface area contributed by atoms with Crippen molar-refractivity contribution >= 4 is 15.9 Å². The molecule has 3 aliphatic rings. The van der Waals surface area contributed by atoms with E-state index >= 15 is 0 Å². The molecular weight excluding hydrogens is 340 g/mol. The van der Waals surface area contributed by atoms with E-state index in [9.17, 15) is 13.2 Å².